The third-order valence-corrected chi connectivity index (χ3v) is 6.24. The lowest BCUT2D eigenvalue weighted by molar-refractivity contribution is 0.0711. The Kier molecular flexibility index (Phi) is 10.4. The van der Waals surface area contributed by atoms with Gasteiger partial charge in [-0.15, -0.1) is 0 Å². The Morgan fingerprint density at radius 3 is 2.58 bits per heavy atom. The number of rotatable bonds is 14. The fourth-order valence-electron chi connectivity index (χ4n) is 4.50. The van der Waals surface area contributed by atoms with Gasteiger partial charge in [-0.25, -0.2) is 13.8 Å². The molecule has 0 aliphatic rings. The predicted octanol–water partition coefficient (Wildman–Crippen LogP) is 6.69. The lowest BCUT2D eigenvalue weighted by atomic mass is 10.1. The van der Waals surface area contributed by atoms with Crippen LogP contribution in [0.1, 0.15) is 81.5 Å². The van der Waals surface area contributed by atoms with Crippen LogP contribution >= 0.6 is 0 Å². The Labute approximate surface area is 213 Å². The molecule has 0 fully saturated rings. The van der Waals surface area contributed by atoms with Crippen molar-refractivity contribution < 1.29 is 13.6 Å². The number of fused-ring (bicyclic) bond motifs is 1. The van der Waals surface area contributed by atoms with Crippen LogP contribution in [-0.4, -0.2) is 33.4 Å². The third-order valence-electron chi connectivity index (χ3n) is 6.24. The first-order valence-corrected chi connectivity index (χ1v) is 13.3. The van der Waals surface area contributed by atoms with Crippen molar-refractivity contribution in [2.45, 2.75) is 79.4 Å². The van der Waals surface area contributed by atoms with Gasteiger partial charge in [0.15, 0.2) is 0 Å². The molecular formula is C29H40F2N4O. The molecule has 0 aliphatic heterocycles. The highest BCUT2D eigenvalue weighted by atomic mass is 19.1. The maximum absolute atomic E-state index is 14.4. The fraction of sp³-hybridized carbons (Fsp3) is 0.517. The summed E-state index contributed by atoms with van der Waals surface area (Å²) < 4.78 is 30.4. The zero-order valence-corrected chi connectivity index (χ0v) is 22.1. The summed E-state index contributed by atoms with van der Waals surface area (Å²) in [4.78, 5) is 19.8. The van der Waals surface area contributed by atoms with Crippen LogP contribution in [0.25, 0.3) is 11.0 Å². The molecule has 1 amide bonds. The highest BCUT2D eigenvalue weighted by Gasteiger charge is 2.23. The molecule has 0 radical (unpaired) electrons. The van der Waals surface area contributed by atoms with E-state index in [2.05, 4.69) is 41.9 Å². The van der Waals surface area contributed by atoms with Crippen LogP contribution in [0.4, 0.5) is 8.78 Å². The van der Waals surface area contributed by atoms with Gasteiger partial charge in [0, 0.05) is 19.6 Å². The minimum Gasteiger partial charge on any atom is -0.331 e. The molecule has 0 saturated heterocycles. The standard InChI is InChI=1S/C29H40F2N4O/c1-5-7-8-9-14-32-18-22-10-13-27-26(16-22)33-28(35(27)15-6-2)20-34(19-21(3)4)29(36)24-17-23(30)11-12-25(24)31/h10-13,16-17,21,32H,5-9,14-15,18-20H2,1-4H3. The number of carbonyl (C=O) groups is 1. The van der Waals surface area contributed by atoms with E-state index in [1.807, 2.05) is 13.8 Å². The molecule has 36 heavy (non-hydrogen) atoms. The van der Waals surface area contributed by atoms with E-state index in [1.54, 1.807) is 4.90 Å². The van der Waals surface area contributed by atoms with Crippen molar-refractivity contribution in [3.63, 3.8) is 0 Å². The first-order valence-electron chi connectivity index (χ1n) is 13.3. The van der Waals surface area contributed by atoms with Gasteiger partial charge in [0.2, 0.25) is 0 Å². The summed E-state index contributed by atoms with van der Waals surface area (Å²) in [7, 11) is 0. The van der Waals surface area contributed by atoms with Crippen molar-refractivity contribution >= 4 is 16.9 Å². The summed E-state index contributed by atoms with van der Waals surface area (Å²) in [6.45, 7) is 11.5. The van der Waals surface area contributed by atoms with Crippen molar-refractivity contribution in [3.8, 4) is 0 Å². The molecule has 0 aliphatic carbocycles. The minimum absolute atomic E-state index is 0.157. The predicted molar refractivity (Wildman–Crippen MR) is 142 cm³/mol. The topological polar surface area (TPSA) is 50.2 Å². The number of halogens is 2. The number of hydrogen-bond donors (Lipinski definition) is 1. The van der Waals surface area contributed by atoms with Crippen molar-refractivity contribution in [3.05, 3.63) is 65.0 Å². The number of nitrogens with zero attached hydrogens (tertiary/aromatic N) is 3. The molecule has 5 nitrogen and oxygen atoms in total. The van der Waals surface area contributed by atoms with E-state index in [0.717, 1.165) is 61.1 Å². The Morgan fingerprint density at radius 2 is 1.86 bits per heavy atom. The lowest BCUT2D eigenvalue weighted by Crippen LogP contribution is -2.35. The number of aromatic nitrogens is 2. The number of hydrogen-bond acceptors (Lipinski definition) is 3. The molecule has 0 spiro atoms. The third kappa shape index (κ3) is 7.36. The molecule has 0 saturated carbocycles. The average Bonchev–Trinajstić information content (AvgIpc) is 3.18. The summed E-state index contributed by atoms with van der Waals surface area (Å²) in [5.74, 6) is -0.964. The Hall–Kier alpha value is -2.80. The molecule has 7 heteroatoms. The average molecular weight is 499 g/mol. The van der Waals surface area contributed by atoms with Crippen LogP contribution in [-0.2, 0) is 19.6 Å². The van der Waals surface area contributed by atoms with Gasteiger partial charge in [-0.2, -0.15) is 0 Å². The largest absolute Gasteiger partial charge is 0.331 e. The normalized spacial score (nSPS) is 11.5. The van der Waals surface area contributed by atoms with E-state index in [-0.39, 0.29) is 18.0 Å². The molecule has 3 aromatic rings. The summed E-state index contributed by atoms with van der Waals surface area (Å²) in [5, 5.41) is 3.51. The molecule has 1 heterocycles. The van der Waals surface area contributed by atoms with Gasteiger partial charge in [-0.3, -0.25) is 4.79 Å². The number of unbranched alkanes of at least 4 members (excludes halogenated alkanes) is 3. The van der Waals surface area contributed by atoms with Gasteiger partial charge in [0.1, 0.15) is 17.5 Å². The Bertz CT molecular complexity index is 1140. The zero-order valence-electron chi connectivity index (χ0n) is 22.1. The molecule has 3 rings (SSSR count). The second-order valence-electron chi connectivity index (χ2n) is 9.94. The Morgan fingerprint density at radius 1 is 1.06 bits per heavy atom. The van der Waals surface area contributed by atoms with Gasteiger partial charge < -0.3 is 14.8 Å². The van der Waals surface area contributed by atoms with E-state index in [4.69, 9.17) is 4.98 Å². The van der Waals surface area contributed by atoms with Crippen molar-refractivity contribution in [1.29, 1.82) is 0 Å². The van der Waals surface area contributed by atoms with Crippen LogP contribution in [0.5, 0.6) is 0 Å². The minimum atomic E-state index is -0.718. The Balaban J connectivity index is 1.84. The summed E-state index contributed by atoms with van der Waals surface area (Å²) >= 11 is 0. The van der Waals surface area contributed by atoms with Gasteiger partial charge >= 0.3 is 0 Å². The first kappa shape index (κ1) is 27.8. The molecular weight excluding hydrogens is 458 g/mol. The van der Waals surface area contributed by atoms with E-state index < -0.39 is 17.5 Å². The van der Waals surface area contributed by atoms with Gasteiger partial charge in [0.05, 0.1) is 23.1 Å². The fourth-order valence-corrected chi connectivity index (χ4v) is 4.50. The maximum atomic E-state index is 14.4. The van der Waals surface area contributed by atoms with Gasteiger partial charge in [-0.1, -0.05) is 53.0 Å². The van der Waals surface area contributed by atoms with Crippen molar-refractivity contribution in [2.75, 3.05) is 13.1 Å². The van der Waals surface area contributed by atoms with E-state index in [0.29, 0.717) is 6.54 Å². The van der Waals surface area contributed by atoms with E-state index >= 15 is 0 Å². The molecule has 1 N–H and O–H groups in total. The SMILES string of the molecule is CCCCCCNCc1ccc2c(c1)nc(CN(CC(C)C)C(=O)c1cc(F)ccc1F)n2CCC. The number of carbonyl (C=O) groups excluding carboxylic acids is 1. The first-order chi connectivity index (χ1) is 17.3. The molecule has 0 unspecified atom stereocenters. The van der Waals surface area contributed by atoms with Crippen molar-refractivity contribution in [2.24, 2.45) is 5.92 Å². The van der Waals surface area contributed by atoms with Gasteiger partial charge in [-0.05, 0) is 61.2 Å². The number of aryl methyl sites for hydroxylation is 1. The lowest BCUT2D eigenvalue weighted by Gasteiger charge is -2.25. The zero-order chi connectivity index (χ0) is 26.1. The van der Waals surface area contributed by atoms with Crippen LogP contribution in [0, 0.1) is 17.6 Å². The van der Waals surface area contributed by atoms with Crippen LogP contribution in [0.2, 0.25) is 0 Å². The van der Waals surface area contributed by atoms with Crippen LogP contribution in [0.3, 0.4) is 0 Å². The number of amides is 1. The van der Waals surface area contributed by atoms with E-state index in [9.17, 15) is 13.6 Å². The smallest absolute Gasteiger partial charge is 0.257 e. The maximum Gasteiger partial charge on any atom is 0.257 e. The van der Waals surface area contributed by atoms with Crippen LogP contribution < -0.4 is 5.32 Å². The summed E-state index contributed by atoms with van der Waals surface area (Å²) in [6.07, 6.45) is 5.84. The molecule has 0 atom stereocenters. The highest BCUT2D eigenvalue weighted by molar-refractivity contribution is 5.94. The second-order valence-corrected chi connectivity index (χ2v) is 9.94. The molecule has 196 valence electrons. The highest BCUT2D eigenvalue weighted by Crippen LogP contribution is 2.22. The van der Waals surface area contributed by atoms with Gasteiger partial charge in [0.25, 0.3) is 5.91 Å². The second kappa shape index (κ2) is 13.5. The molecule has 1 aromatic heterocycles. The summed E-state index contributed by atoms with van der Waals surface area (Å²) in [5.41, 5.74) is 2.83. The monoisotopic (exact) mass is 498 g/mol. The molecule has 0 bridgehead atoms. The quantitative estimate of drug-likeness (QED) is 0.252. The number of nitrogens with one attached hydrogen (secondary N) is 1. The molecule has 2 aromatic carbocycles. The van der Waals surface area contributed by atoms with E-state index in [1.165, 1.54) is 31.2 Å². The van der Waals surface area contributed by atoms with Crippen molar-refractivity contribution in [1.82, 2.24) is 19.8 Å². The number of benzene rings is 2. The summed E-state index contributed by atoms with van der Waals surface area (Å²) in [6, 6.07) is 9.32. The number of imidazole rings is 1. The van der Waals surface area contributed by atoms with Crippen LogP contribution in [0.15, 0.2) is 36.4 Å².